The van der Waals surface area contributed by atoms with Crippen LogP contribution in [0.1, 0.15) is 58.0 Å². The van der Waals surface area contributed by atoms with Gasteiger partial charge in [0.05, 0.1) is 0 Å². The lowest BCUT2D eigenvalue weighted by molar-refractivity contribution is -0.117. The quantitative estimate of drug-likeness (QED) is 0.507. The number of Topliss-reactive ketones (excluding diaryl/α,β-unsaturated/α-hetero) is 1. The van der Waals surface area contributed by atoms with E-state index in [4.69, 9.17) is 5.73 Å². The smallest absolute Gasteiger partial charge is 0.315 e. The summed E-state index contributed by atoms with van der Waals surface area (Å²) in [6, 6.07) is 7.84. The van der Waals surface area contributed by atoms with Gasteiger partial charge in [0, 0.05) is 46.8 Å². The van der Waals surface area contributed by atoms with Gasteiger partial charge < -0.3 is 20.9 Å². The Hall–Kier alpha value is -2.34. The molecule has 0 aromatic heterocycles. The van der Waals surface area contributed by atoms with Gasteiger partial charge >= 0.3 is 6.03 Å². The van der Waals surface area contributed by atoms with Gasteiger partial charge in [0.15, 0.2) is 5.78 Å². The molecule has 1 atom stereocenters. The van der Waals surface area contributed by atoms with Crippen molar-refractivity contribution in [3.8, 4) is 0 Å². The minimum absolute atomic E-state index is 0. The molecule has 6 heteroatoms. The van der Waals surface area contributed by atoms with E-state index in [9.17, 15) is 9.59 Å². The van der Waals surface area contributed by atoms with Gasteiger partial charge in [-0.1, -0.05) is 31.2 Å². The van der Waals surface area contributed by atoms with E-state index < -0.39 is 0 Å². The summed E-state index contributed by atoms with van der Waals surface area (Å²) in [6.07, 6.45) is 9.39. The highest BCUT2D eigenvalue weighted by molar-refractivity contribution is 5.96. The maximum atomic E-state index is 12.0. The Morgan fingerprint density at radius 1 is 1.26 bits per heavy atom. The second-order valence-electron chi connectivity index (χ2n) is 8.82. The zero-order valence-corrected chi connectivity index (χ0v) is 19.5. The van der Waals surface area contributed by atoms with Crippen LogP contribution in [-0.4, -0.2) is 55.3 Å². The van der Waals surface area contributed by atoms with Crippen LogP contribution in [-0.2, 0) is 17.8 Å². The van der Waals surface area contributed by atoms with Gasteiger partial charge in [0.25, 0.3) is 0 Å². The van der Waals surface area contributed by atoms with Gasteiger partial charge in [-0.25, -0.2) is 4.79 Å². The van der Waals surface area contributed by atoms with E-state index in [0.717, 1.165) is 44.5 Å². The molecular weight excluding hydrogens is 388 g/mol. The molecule has 0 bridgehead atoms. The molecular formula is C25H42N4O2. The van der Waals surface area contributed by atoms with E-state index in [1.165, 1.54) is 36.8 Å². The van der Waals surface area contributed by atoms with Crippen molar-refractivity contribution in [2.24, 2.45) is 11.7 Å². The summed E-state index contributed by atoms with van der Waals surface area (Å²) in [7, 11) is 3.96. The molecule has 3 N–H and O–H groups in total. The highest BCUT2D eigenvalue weighted by Crippen LogP contribution is 2.28. The van der Waals surface area contributed by atoms with Crippen LogP contribution in [0.15, 0.2) is 36.0 Å². The van der Waals surface area contributed by atoms with Crippen molar-refractivity contribution >= 4 is 11.8 Å². The van der Waals surface area contributed by atoms with E-state index in [1.54, 1.807) is 4.90 Å². The van der Waals surface area contributed by atoms with Gasteiger partial charge in [-0.3, -0.25) is 4.79 Å². The molecule has 31 heavy (non-hydrogen) atoms. The van der Waals surface area contributed by atoms with Gasteiger partial charge in [-0.05, 0) is 68.7 Å². The number of primary amides is 1. The molecule has 1 aliphatic carbocycles. The van der Waals surface area contributed by atoms with Crippen molar-refractivity contribution in [2.45, 2.75) is 58.4 Å². The Bertz CT molecular complexity index is 751. The van der Waals surface area contributed by atoms with Gasteiger partial charge in [-0.2, -0.15) is 0 Å². The number of rotatable bonds is 7. The van der Waals surface area contributed by atoms with Crippen molar-refractivity contribution in [2.75, 3.05) is 33.7 Å². The van der Waals surface area contributed by atoms with E-state index in [0.29, 0.717) is 18.2 Å². The molecule has 0 unspecified atom stereocenters. The standard InChI is InChI=1S/C15H28N2O.C10H12N2O.H2/c1-4-9-16-10-5-6-13-7-8-14(12-17(2)3)15(18)11-13;11-10(13)12-6-5-8-3-1-2-4-9(8)7-12;/h12-13,16H,4-11H2,1-3H3;1-4H,5-7H2,(H2,11,13);1H/b14-12+;;/t13-;;/m0../s1. The van der Waals surface area contributed by atoms with E-state index in [-0.39, 0.29) is 7.46 Å². The molecule has 3 rings (SSSR count). The minimum atomic E-state index is -0.325. The molecule has 2 amide bonds. The maximum absolute atomic E-state index is 12.0. The first-order valence-corrected chi connectivity index (χ1v) is 11.6. The molecule has 1 heterocycles. The number of nitrogens with zero attached hydrogens (tertiary/aromatic N) is 2. The van der Waals surface area contributed by atoms with Crippen molar-refractivity contribution in [1.29, 1.82) is 0 Å². The Morgan fingerprint density at radius 3 is 2.65 bits per heavy atom. The lowest BCUT2D eigenvalue weighted by Crippen LogP contribution is -2.39. The van der Waals surface area contributed by atoms with Crippen molar-refractivity contribution in [1.82, 2.24) is 15.1 Å². The van der Waals surface area contributed by atoms with Crippen LogP contribution < -0.4 is 11.1 Å². The second kappa shape index (κ2) is 13.2. The number of benzene rings is 1. The van der Waals surface area contributed by atoms with Crippen molar-refractivity contribution < 1.29 is 11.0 Å². The summed E-state index contributed by atoms with van der Waals surface area (Å²) >= 11 is 0. The van der Waals surface area contributed by atoms with Gasteiger partial charge in [0.2, 0.25) is 0 Å². The fraction of sp³-hybridized carbons (Fsp3) is 0.600. The summed E-state index contributed by atoms with van der Waals surface area (Å²) < 4.78 is 0. The number of hydrogen-bond donors (Lipinski definition) is 2. The molecule has 1 aromatic carbocycles. The predicted molar refractivity (Wildman–Crippen MR) is 129 cm³/mol. The van der Waals surface area contributed by atoms with E-state index in [1.807, 2.05) is 43.4 Å². The number of ketones is 1. The fourth-order valence-electron chi connectivity index (χ4n) is 4.19. The van der Waals surface area contributed by atoms with E-state index >= 15 is 0 Å². The number of carbonyl (C=O) groups is 2. The Morgan fingerprint density at radius 2 is 2.00 bits per heavy atom. The second-order valence-corrected chi connectivity index (χ2v) is 8.82. The monoisotopic (exact) mass is 430 g/mol. The van der Waals surface area contributed by atoms with Gasteiger partial charge in [0.1, 0.15) is 0 Å². The summed E-state index contributed by atoms with van der Waals surface area (Å²) in [4.78, 5) is 26.5. The SMILES string of the molecule is CCCNCCC[C@H]1CC/C(=C\N(C)C)C(=O)C1.NC(=O)N1CCc2ccccc2C1.[HH]. The Balaban J connectivity index is 0.000000324. The van der Waals surface area contributed by atoms with Crippen LogP contribution in [0.2, 0.25) is 0 Å². The first-order chi connectivity index (χ1) is 14.9. The largest absolute Gasteiger partial charge is 0.383 e. The molecule has 0 saturated heterocycles. The summed E-state index contributed by atoms with van der Waals surface area (Å²) in [5.74, 6) is 0.974. The third-order valence-corrected chi connectivity index (χ3v) is 5.90. The predicted octanol–water partition coefficient (Wildman–Crippen LogP) is 3.95. The molecule has 0 spiro atoms. The molecule has 0 radical (unpaired) electrons. The highest BCUT2D eigenvalue weighted by Gasteiger charge is 2.23. The van der Waals surface area contributed by atoms with E-state index in [2.05, 4.69) is 18.3 Å². The Kier molecular flexibility index (Phi) is 10.6. The van der Waals surface area contributed by atoms with Crippen LogP contribution >= 0.6 is 0 Å². The zero-order chi connectivity index (χ0) is 22.6. The summed E-state index contributed by atoms with van der Waals surface area (Å²) in [5.41, 5.74) is 8.77. The lowest BCUT2D eigenvalue weighted by Gasteiger charge is -2.26. The number of nitrogens with two attached hydrogens (primary N) is 1. The molecule has 2 aliphatic rings. The number of nitrogens with one attached hydrogen (secondary N) is 1. The zero-order valence-electron chi connectivity index (χ0n) is 19.5. The molecule has 1 fully saturated rings. The molecule has 174 valence electrons. The number of amides is 2. The molecule has 1 aliphatic heterocycles. The van der Waals surface area contributed by atoms with Crippen LogP contribution in [0, 0.1) is 5.92 Å². The number of hydrogen-bond acceptors (Lipinski definition) is 4. The Labute approximate surface area is 189 Å². The summed E-state index contributed by atoms with van der Waals surface area (Å²) in [6.45, 7) is 5.79. The first kappa shape index (κ1) is 24.9. The van der Waals surface area contributed by atoms with Crippen molar-refractivity contribution in [3.05, 3.63) is 47.2 Å². The fourth-order valence-corrected chi connectivity index (χ4v) is 4.19. The number of allylic oxidation sites excluding steroid dienone is 1. The van der Waals surface area contributed by atoms with Crippen LogP contribution in [0.5, 0.6) is 0 Å². The van der Waals surface area contributed by atoms with Crippen LogP contribution in [0.4, 0.5) is 4.79 Å². The molecule has 1 saturated carbocycles. The van der Waals surface area contributed by atoms with Gasteiger partial charge in [-0.15, -0.1) is 0 Å². The number of carbonyl (C=O) groups excluding carboxylic acids is 2. The molecule has 6 nitrogen and oxygen atoms in total. The third kappa shape index (κ3) is 8.74. The van der Waals surface area contributed by atoms with Crippen molar-refractivity contribution in [3.63, 3.8) is 0 Å². The molecule has 1 aromatic rings. The van der Waals surface area contributed by atoms with Crippen LogP contribution in [0.25, 0.3) is 0 Å². The first-order valence-electron chi connectivity index (χ1n) is 11.6. The topological polar surface area (TPSA) is 78.7 Å². The summed E-state index contributed by atoms with van der Waals surface area (Å²) in [5, 5.41) is 3.42. The average molecular weight is 431 g/mol. The highest BCUT2D eigenvalue weighted by atomic mass is 16.2. The maximum Gasteiger partial charge on any atom is 0.315 e. The average Bonchev–Trinajstić information content (AvgIpc) is 2.75. The number of fused-ring (bicyclic) bond motifs is 1. The number of urea groups is 1. The van der Waals surface area contributed by atoms with Crippen LogP contribution in [0.3, 0.4) is 0 Å². The minimum Gasteiger partial charge on any atom is -0.383 e. The normalized spacial score (nSPS) is 19.5. The third-order valence-electron chi connectivity index (χ3n) is 5.90. The lowest BCUT2D eigenvalue weighted by atomic mass is 9.82.